The lowest BCUT2D eigenvalue weighted by molar-refractivity contribution is -0.274. The van der Waals surface area contributed by atoms with Crippen molar-refractivity contribution in [2.24, 2.45) is 7.05 Å². The molecule has 0 radical (unpaired) electrons. The molecule has 2 aromatic heterocycles. The summed E-state index contributed by atoms with van der Waals surface area (Å²) in [6, 6.07) is 6.40. The average molecular weight is 722 g/mol. The van der Waals surface area contributed by atoms with Gasteiger partial charge in [-0.2, -0.15) is 4.31 Å². The minimum atomic E-state index is -5.00. The van der Waals surface area contributed by atoms with E-state index in [9.17, 15) is 26.4 Å². The monoisotopic (exact) mass is 721 g/mol. The van der Waals surface area contributed by atoms with E-state index < -0.39 is 40.1 Å². The third-order valence-corrected chi connectivity index (χ3v) is 11.0. The van der Waals surface area contributed by atoms with Crippen molar-refractivity contribution in [1.29, 1.82) is 0 Å². The second-order valence-corrected chi connectivity index (χ2v) is 14.5. The molecule has 0 saturated heterocycles. The molecule has 0 saturated carbocycles. The van der Waals surface area contributed by atoms with Crippen LogP contribution < -0.4 is 9.47 Å². The molecule has 6 rings (SSSR count). The number of alkyl halides is 3. The van der Waals surface area contributed by atoms with Gasteiger partial charge in [-0.3, -0.25) is 4.79 Å². The van der Waals surface area contributed by atoms with Gasteiger partial charge in [0.15, 0.2) is 5.75 Å². The SMILES string of the molecule is CCOC(=O)CC(c1cc2c(c(CN3C[C@@H](CC)Oc4ncc(Cl)cc4S3(=O)=O)c1)CCC2)c1cc(OC(F)(F)F)c2c(nnn2C)c1C. The van der Waals surface area contributed by atoms with Gasteiger partial charge in [-0.15, -0.1) is 18.3 Å². The maximum Gasteiger partial charge on any atom is 0.573 e. The number of aryl methyl sites for hydroxylation is 3. The minimum Gasteiger partial charge on any atom is -0.472 e. The topological polar surface area (TPSA) is 126 Å². The van der Waals surface area contributed by atoms with Gasteiger partial charge in [0.2, 0.25) is 15.9 Å². The number of benzene rings is 2. The average Bonchev–Trinajstić information content (AvgIpc) is 3.65. The first-order valence-electron chi connectivity index (χ1n) is 15.9. The number of esters is 1. The Hall–Kier alpha value is -3.95. The molecule has 2 aromatic carbocycles. The number of hydrogen-bond acceptors (Lipinski definition) is 9. The molecular weight excluding hydrogens is 687 g/mol. The van der Waals surface area contributed by atoms with E-state index in [1.807, 2.05) is 19.1 Å². The highest BCUT2D eigenvalue weighted by molar-refractivity contribution is 7.89. The van der Waals surface area contributed by atoms with Crippen LogP contribution in [0.1, 0.15) is 72.4 Å². The number of ether oxygens (including phenoxy) is 3. The summed E-state index contributed by atoms with van der Waals surface area (Å²) in [5, 5.41) is 8.21. The molecule has 0 bridgehead atoms. The summed E-state index contributed by atoms with van der Waals surface area (Å²) in [5.41, 5.74) is 4.47. The highest BCUT2D eigenvalue weighted by Gasteiger charge is 2.38. The van der Waals surface area contributed by atoms with Crippen molar-refractivity contribution in [3.63, 3.8) is 0 Å². The minimum absolute atomic E-state index is 0.0128. The van der Waals surface area contributed by atoms with Gasteiger partial charge in [0.1, 0.15) is 22.0 Å². The van der Waals surface area contributed by atoms with Crippen LogP contribution in [0.2, 0.25) is 5.02 Å². The number of carbonyl (C=O) groups is 1. The quantitative estimate of drug-likeness (QED) is 0.187. The summed E-state index contributed by atoms with van der Waals surface area (Å²) in [7, 11) is -2.65. The molecule has 2 aliphatic rings. The smallest absolute Gasteiger partial charge is 0.472 e. The summed E-state index contributed by atoms with van der Waals surface area (Å²) in [4.78, 5) is 17.1. The van der Waals surface area contributed by atoms with Gasteiger partial charge in [-0.25, -0.2) is 18.1 Å². The number of halogens is 4. The zero-order valence-corrected chi connectivity index (χ0v) is 28.9. The van der Waals surface area contributed by atoms with E-state index in [2.05, 4.69) is 20.0 Å². The number of nitrogens with zero attached hydrogens (tertiary/aromatic N) is 5. The maximum atomic E-state index is 14.1. The molecule has 0 amide bonds. The molecule has 0 N–H and O–H groups in total. The van der Waals surface area contributed by atoms with Gasteiger partial charge in [-0.05, 0) is 85.0 Å². The Bertz CT molecular complexity index is 2040. The van der Waals surface area contributed by atoms with E-state index in [1.54, 1.807) is 13.8 Å². The fraction of sp³-hybridized carbons (Fsp3) is 0.455. The second-order valence-electron chi connectivity index (χ2n) is 12.2. The number of aromatic nitrogens is 4. The zero-order chi connectivity index (χ0) is 35.2. The Morgan fingerprint density at radius 1 is 1.18 bits per heavy atom. The van der Waals surface area contributed by atoms with Crippen LogP contribution in [-0.4, -0.2) is 64.3 Å². The first-order valence-corrected chi connectivity index (χ1v) is 17.7. The third-order valence-electron chi connectivity index (χ3n) is 9.03. The molecule has 49 heavy (non-hydrogen) atoms. The van der Waals surface area contributed by atoms with Crippen molar-refractivity contribution >= 4 is 38.6 Å². The van der Waals surface area contributed by atoms with Crippen molar-refractivity contribution in [2.75, 3.05) is 13.2 Å². The third kappa shape index (κ3) is 6.93. The van der Waals surface area contributed by atoms with Crippen LogP contribution >= 0.6 is 11.6 Å². The molecule has 11 nitrogen and oxygen atoms in total. The highest BCUT2D eigenvalue weighted by Crippen LogP contribution is 2.42. The van der Waals surface area contributed by atoms with Crippen LogP contribution in [-0.2, 0) is 46.0 Å². The molecule has 1 aliphatic heterocycles. The maximum absolute atomic E-state index is 14.1. The van der Waals surface area contributed by atoms with E-state index in [0.29, 0.717) is 36.0 Å². The summed E-state index contributed by atoms with van der Waals surface area (Å²) in [6.45, 7) is 5.42. The van der Waals surface area contributed by atoms with Crippen molar-refractivity contribution in [1.82, 2.24) is 24.3 Å². The van der Waals surface area contributed by atoms with Crippen LogP contribution in [0.25, 0.3) is 11.0 Å². The van der Waals surface area contributed by atoms with Crippen LogP contribution in [0.15, 0.2) is 35.4 Å². The molecule has 3 heterocycles. The van der Waals surface area contributed by atoms with Crippen molar-refractivity contribution in [3.8, 4) is 11.6 Å². The van der Waals surface area contributed by atoms with E-state index in [0.717, 1.165) is 23.1 Å². The lowest BCUT2D eigenvalue weighted by Gasteiger charge is -2.26. The van der Waals surface area contributed by atoms with Crippen LogP contribution in [0.5, 0.6) is 11.6 Å². The fourth-order valence-electron chi connectivity index (χ4n) is 6.76. The first kappa shape index (κ1) is 34.9. The Kier molecular flexibility index (Phi) is 9.54. The molecule has 0 fully saturated rings. The van der Waals surface area contributed by atoms with Gasteiger partial charge in [0.05, 0.1) is 24.6 Å². The van der Waals surface area contributed by atoms with Crippen molar-refractivity contribution in [3.05, 3.63) is 68.9 Å². The molecule has 4 aromatic rings. The van der Waals surface area contributed by atoms with Gasteiger partial charge >= 0.3 is 12.3 Å². The predicted molar refractivity (Wildman–Crippen MR) is 173 cm³/mol. The van der Waals surface area contributed by atoms with Crippen LogP contribution in [0.4, 0.5) is 13.2 Å². The Balaban J connectivity index is 1.50. The summed E-state index contributed by atoms with van der Waals surface area (Å²) < 4.78 is 87.4. The number of rotatable bonds is 9. The summed E-state index contributed by atoms with van der Waals surface area (Å²) >= 11 is 6.17. The molecule has 1 unspecified atom stereocenters. The fourth-order valence-corrected chi connectivity index (χ4v) is 8.53. The van der Waals surface area contributed by atoms with Crippen molar-refractivity contribution < 1.29 is 40.6 Å². The molecule has 262 valence electrons. The molecular formula is C33H35ClF3N5O6S. The number of pyridine rings is 1. The lowest BCUT2D eigenvalue weighted by Crippen LogP contribution is -2.36. The van der Waals surface area contributed by atoms with E-state index in [1.165, 1.54) is 34.4 Å². The summed E-state index contributed by atoms with van der Waals surface area (Å²) in [5.74, 6) is -1.86. The van der Waals surface area contributed by atoms with E-state index >= 15 is 0 Å². The molecule has 2 atom stereocenters. The molecule has 1 aliphatic carbocycles. The second kappa shape index (κ2) is 13.4. The highest BCUT2D eigenvalue weighted by atomic mass is 35.5. The van der Waals surface area contributed by atoms with Gasteiger partial charge in [0, 0.05) is 25.7 Å². The van der Waals surface area contributed by atoms with Gasteiger partial charge in [0.25, 0.3) is 0 Å². The lowest BCUT2D eigenvalue weighted by atomic mass is 9.83. The van der Waals surface area contributed by atoms with Crippen molar-refractivity contribution in [2.45, 2.75) is 82.7 Å². The van der Waals surface area contributed by atoms with E-state index in [-0.39, 0.29) is 52.9 Å². The number of sulfonamides is 1. The standard InChI is InChI=1S/C33H35ClF3N5O6S/c1-5-23-17-42(49(44,45)28-12-22(34)15-38-32(28)47-23)16-21-11-20(10-19-8-7-9-24(19)21)26(14-29(43)46-6-2)25-13-27(48-33(35,36)37)31-30(18(25)3)39-40-41(31)4/h10-13,15,23,26H,5-9,14,16-17H2,1-4H3/t23-,26?/m1/s1. The zero-order valence-electron chi connectivity index (χ0n) is 27.3. The Morgan fingerprint density at radius 3 is 2.67 bits per heavy atom. The summed E-state index contributed by atoms with van der Waals surface area (Å²) in [6.07, 6.45) is -1.57. The number of hydrogen-bond donors (Lipinski definition) is 0. The molecule has 16 heteroatoms. The van der Waals surface area contributed by atoms with Gasteiger partial charge < -0.3 is 14.2 Å². The van der Waals surface area contributed by atoms with Crippen LogP contribution in [0.3, 0.4) is 0 Å². The predicted octanol–water partition coefficient (Wildman–Crippen LogP) is 6.16. The van der Waals surface area contributed by atoms with E-state index in [4.69, 9.17) is 21.1 Å². The number of carbonyl (C=O) groups excluding carboxylic acids is 1. The van der Waals surface area contributed by atoms with Crippen LogP contribution in [0, 0.1) is 6.92 Å². The Morgan fingerprint density at radius 2 is 1.96 bits per heavy atom. The Labute approximate surface area is 286 Å². The molecule has 0 spiro atoms. The van der Waals surface area contributed by atoms with Gasteiger partial charge in [-0.1, -0.05) is 35.9 Å². The number of fused-ring (bicyclic) bond motifs is 3. The normalized spacial score (nSPS) is 18.0. The first-order chi connectivity index (χ1) is 23.2. The largest absolute Gasteiger partial charge is 0.573 e.